The molecule has 1 fully saturated rings. The fraction of sp³-hybridized carbons (Fsp3) is 0.263. The molecule has 0 spiro atoms. The smallest absolute Gasteiger partial charge is 0.494 e. The summed E-state index contributed by atoms with van der Waals surface area (Å²) in [5.74, 6) is 0.735. The van der Waals surface area contributed by atoms with Crippen molar-refractivity contribution in [1.29, 1.82) is 0 Å². The van der Waals surface area contributed by atoms with Gasteiger partial charge in [-0.15, -0.1) is 5.10 Å². The van der Waals surface area contributed by atoms with E-state index in [2.05, 4.69) is 73.7 Å². The van der Waals surface area contributed by atoms with Gasteiger partial charge in [0.15, 0.2) is 5.78 Å². The predicted octanol–water partition coefficient (Wildman–Crippen LogP) is 6.33. The standard InChI is InChI=1S/C33H35N7O2.C5H6.Fe/c34-27-9-12-30-31(22-27)35-15-14-32(30)39-19-17-38(18-20-39)23-28-24-40(37-36-28)16-3-21-42-29-10-7-26(8-11-29)33(41)13-6-25-4-1-2-5-25;1-2-4-5-3-1;/h1,4-15,22,24H,2-3,16-21,23,34H2;1-4H,5H2;/q;;+2/b13-6+;;. The molecule has 48 heavy (non-hydrogen) atoms. The molecular weight excluding hydrogens is 642 g/mol. The van der Waals surface area contributed by atoms with Gasteiger partial charge >= 0.3 is 17.1 Å². The zero-order chi connectivity index (χ0) is 32.3. The summed E-state index contributed by atoms with van der Waals surface area (Å²) in [6.45, 7) is 5.86. The van der Waals surface area contributed by atoms with Gasteiger partial charge in [0, 0.05) is 80.4 Å². The third-order valence-corrected chi connectivity index (χ3v) is 8.25. The van der Waals surface area contributed by atoms with E-state index in [-0.39, 0.29) is 22.9 Å². The van der Waals surface area contributed by atoms with Crippen LogP contribution in [-0.4, -0.2) is 63.4 Å². The van der Waals surface area contributed by atoms with Crippen LogP contribution >= 0.6 is 0 Å². The Morgan fingerprint density at radius 3 is 2.50 bits per heavy atom. The Balaban J connectivity index is 0.000000689. The Morgan fingerprint density at radius 2 is 1.77 bits per heavy atom. The second kappa shape index (κ2) is 17.4. The average Bonchev–Trinajstić information content (AvgIpc) is 3.92. The minimum absolute atomic E-state index is 0. The summed E-state index contributed by atoms with van der Waals surface area (Å²) in [7, 11) is 0. The molecule has 2 aromatic heterocycles. The zero-order valence-electron chi connectivity index (χ0n) is 27.0. The number of benzene rings is 2. The Bertz CT molecular complexity index is 1810. The number of nitrogens with zero attached hydrogens (tertiary/aromatic N) is 6. The van der Waals surface area contributed by atoms with Crippen molar-refractivity contribution in [2.24, 2.45) is 0 Å². The number of pyridine rings is 1. The minimum Gasteiger partial charge on any atom is -0.494 e. The third kappa shape index (κ3) is 9.64. The Hall–Kier alpha value is -4.76. The summed E-state index contributed by atoms with van der Waals surface area (Å²) < 4.78 is 7.76. The molecule has 2 aromatic carbocycles. The first-order chi connectivity index (χ1) is 23.1. The van der Waals surface area contributed by atoms with E-state index >= 15 is 0 Å². The van der Waals surface area contributed by atoms with E-state index in [1.165, 1.54) is 5.69 Å². The summed E-state index contributed by atoms with van der Waals surface area (Å²) in [4.78, 5) is 21.7. The number of aryl methyl sites for hydroxylation is 1. The maximum absolute atomic E-state index is 12.4. The maximum atomic E-state index is 12.4. The average molecular weight is 684 g/mol. The van der Waals surface area contributed by atoms with Crippen LogP contribution in [0.1, 0.15) is 35.3 Å². The number of anilines is 2. The second-order valence-electron chi connectivity index (χ2n) is 11.7. The zero-order valence-corrected chi connectivity index (χ0v) is 28.1. The molecular formula is C38H41FeN7O2+2. The van der Waals surface area contributed by atoms with Gasteiger partial charge in [0.05, 0.1) is 17.8 Å². The van der Waals surface area contributed by atoms with E-state index in [9.17, 15) is 4.79 Å². The van der Waals surface area contributed by atoms with Gasteiger partial charge in [0.25, 0.3) is 0 Å². The fourth-order valence-corrected chi connectivity index (χ4v) is 5.71. The van der Waals surface area contributed by atoms with Crippen LogP contribution in [0.3, 0.4) is 0 Å². The first-order valence-corrected chi connectivity index (χ1v) is 16.2. The summed E-state index contributed by atoms with van der Waals surface area (Å²) >= 11 is 0. The monoisotopic (exact) mass is 683 g/mol. The minimum atomic E-state index is -0.0139. The molecule has 246 valence electrons. The van der Waals surface area contributed by atoms with Crippen molar-refractivity contribution < 1.29 is 26.6 Å². The number of carbonyl (C=O) groups excluding carboxylic acids is 1. The van der Waals surface area contributed by atoms with Gasteiger partial charge in [-0.3, -0.25) is 19.4 Å². The normalized spacial score (nSPS) is 15.4. The number of hydrogen-bond donors (Lipinski definition) is 1. The first kappa shape index (κ1) is 34.6. The predicted molar refractivity (Wildman–Crippen MR) is 188 cm³/mol. The van der Waals surface area contributed by atoms with E-state index < -0.39 is 0 Å². The van der Waals surface area contributed by atoms with E-state index in [0.29, 0.717) is 12.2 Å². The van der Waals surface area contributed by atoms with Gasteiger partial charge < -0.3 is 15.4 Å². The molecule has 0 amide bonds. The number of piperazine rings is 1. The van der Waals surface area contributed by atoms with Crippen LogP contribution in [0.4, 0.5) is 11.4 Å². The van der Waals surface area contributed by atoms with Crippen LogP contribution in [0, 0.1) is 0 Å². The molecule has 0 saturated carbocycles. The van der Waals surface area contributed by atoms with Gasteiger partial charge in [-0.1, -0.05) is 53.8 Å². The SMILES string of the molecule is C1=CCC=C1.Nc1ccc2c(N3CCN(Cc4cn(CCCOc5ccc(C(=O)/C=C/C6=CCC=C6)cc5)nn4)CC3)ccnc2c1.[Fe+2]. The van der Waals surface area contributed by atoms with Crippen LogP contribution < -0.4 is 15.4 Å². The van der Waals surface area contributed by atoms with E-state index in [1.54, 1.807) is 18.2 Å². The van der Waals surface area contributed by atoms with Gasteiger partial charge in [-0.05, 0) is 73.0 Å². The quantitative estimate of drug-likeness (QED) is 0.0644. The molecule has 4 aromatic rings. The summed E-state index contributed by atoms with van der Waals surface area (Å²) in [6.07, 6.45) is 24.8. The van der Waals surface area contributed by atoms with Crippen molar-refractivity contribution in [1.82, 2.24) is 24.9 Å². The molecule has 0 atom stereocenters. The molecule has 7 rings (SSSR count). The van der Waals surface area contributed by atoms with Crippen LogP contribution in [0.15, 0.2) is 121 Å². The van der Waals surface area contributed by atoms with Crippen molar-refractivity contribution in [3.63, 3.8) is 0 Å². The number of nitrogen functional groups attached to an aromatic ring is 1. The molecule has 3 aliphatic rings. The van der Waals surface area contributed by atoms with E-state index in [0.717, 1.165) is 92.1 Å². The van der Waals surface area contributed by atoms with Crippen molar-refractivity contribution >= 4 is 28.1 Å². The maximum Gasteiger partial charge on any atom is 2.00 e. The number of fused-ring (bicyclic) bond motifs is 1. The second-order valence-corrected chi connectivity index (χ2v) is 11.7. The number of nitrogens with two attached hydrogens (primary N) is 1. The largest absolute Gasteiger partial charge is 2.00 e. The third-order valence-electron chi connectivity index (χ3n) is 8.25. The fourth-order valence-electron chi connectivity index (χ4n) is 5.71. The van der Waals surface area contributed by atoms with E-state index in [1.807, 2.05) is 53.5 Å². The molecule has 0 bridgehead atoms. The number of carbonyl (C=O) groups is 1. The van der Waals surface area contributed by atoms with Gasteiger partial charge in [-0.2, -0.15) is 0 Å². The summed E-state index contributed by atoms with van der Waals surface area (Å²) in [5, 5.41) is 9.84. The first-order valence-electron chi connectivity index (χ1n) is 16.2. The van der Waals surface area contributed by atoms with Crippen LogP contribution in [-0.2, 0) is 30.2 Å². The molecule has 2 N–H and O–H groups in total. The van der Waals surface area contributed by atoms with Crippen molar-refractivity contribution in [2.75, 3.05) is 43.4 Å². The molecule has 0 unspecified atom stereocenters. The van der Waals surface area contributed by atoms with Crippen LogP contribution in [0.2, 0.25) is 0 Å². The number of ether oxygens (including phenoxy) is 1. The molecule has 2 aliphatic carbocycles. The summed E-state index contributed by atoms with van der Waals surface area (Å²) in [6, 6.07) is 15.3. The molecule has 3 heterocycles. The molecule has 1 saturated heterocycles. The molecule has 9 nitrogen and oxygen atoms in total. The molecule has 10 heteroatoms. The van der Waals surface area contributed by atoms with Gasteiger partial charge in [0.1, 0.15) is 5.75 Å². The molecule has 0 radical (unpaired) electrons. The number of hydrogen-bond acceptors (Lipinski definition) is 8. The number of aromatic nitrogens is 4. The Labute approximate surface area is 292 Å². The number of ketones is 1. The Kier molecular flexibility index (Phi) is 12.5. The van der Waals surface area contributed by atoms with Crippen LogP contribution in [0.25, 0.3) is 10.9 Å². The van der Waals surface area contributed by atoms with E-state index in [4.69, 9.17) is 10.5 Å². The van der Waals surface area contributed by atoms with Gasteiger partial charge in [0.2, 0.25) is 0 Å². The van der Waals surface area contributed by atoms with Crippen LogP contribution in [0.5, 0.6) is 5.75 Å². The van der Waals surface area contributed by atoms with Crippen molar-refractivity contribution in [3.8, 4) is 5.75 Å². The van der Waals surface area contributed by atoms with Gasteiger partial charge in [-0.25, -0.2) is 0 Å². The van der Waals surface area contributed by atoms with Crippen molar-refractivity contribution in [3.05, 3.63) is 132 Å². The Morgan fingerprint density at radius 1 is 0.958 bits per heavy atom. The summed E-state index contributed by atoms with van der Waals surface area (Å²) in [5.41, 5.74) is 11.5. The van der Waals surface area contributed by atoms with Crippen molar-refractivity contribution in [2.45, 2.75) is 32.4 Å². The number of allylic oxidation sites excluding steroid dienone is 10. The topological polar surface area (TPSA) is 102 Å². The number of rotatable bonds is 11. The molecule has 1 aliphatic heterocycles.